The lowest BCUT2D eigenvalue weighted by Gasteiger charge is -2.19. The number of hydrogen-bond donors (Lipinski definition) is 2. The molecule has 0 amide bonds. The third kappa shape index (κ3) is 4.18. The second-order valence-corrected chi connectivity index (χ2v) is 8.31. The molecule has 0 saturated heterocycles. The van der Waals surface area contributed by atoms with Crippen LogP contribution in [0, 0.1) is 12.7 Å². The summed E-state index contributed by atoms with van der Waals surface area (Å²) in [6, 6.07) is 7.46. The summed E-state index contributed by atoms with van der Waals surface area (Å²) in [7, 11) is -2.40. The smallest absolute Gasteiger partial charge is 0.266 e. The van der Waals surface area contributed by atoms with Crippen molar-refractivity contribution >= 4 is 26.7 Å². The zero-order valence-electron chi connectivity index (χ0n) is 15.9. The zero-order chi connectivity index (χ0) is 21.3. The molecule has 1 atom stereocenters. The third-order valence-electron chi connectivity index (χ3n) is 4.47. The Kier molecular flexibility index (Phi) is 5.76. The van der Waals surface area contributed by atoms with Gasteiger partial charge in [0.1, 0.15) is 17.5 Å². The minimum Gasteiger partial charge on any atom is -0.363 e. The number of halogens is 3. The topological polar surface area (TPSA) is 84.0 Å². The van der Waals surface area contributed by atoms with Crippen LogP contribution in [0.5, 0.6) is 0 Å². The Balaban J connectivity index is 2.08. The van der Waals surface area contributed by atoms with Gasteiger partial charge in [-0.25, -0.2) is 36.3 Å². The fourth-order valence-corrected chi connectivity index (χ4v) is 3.73. The first-order valence-corrected chi connectivity index (χ1v) is 10.2. The highest BCUT2D eigenvalue weighted by atomic mass is 32.2. The van der Waals surface area contributed by atoms with Crippen molar-refractivity contribution in [1.29, 1.82) is 0 Å². The standard InChI is InChI=1S/C19H19F3N4O2S/c1-10(13-5-4-6-14(17(13)20)18(21)22)24-19-15-9-12(29(27,28)23-3)7-8-16(15)25-11(2)26-19/h4-10,18,23H,1-3H3,(H,24,25,26)/t10-/m1/s1. The highest BCUT2D eigenvalue weighted by molar-refractivity contribution is 7.89. The van der Waals surface area contributed by atoms with E-state index in [-0.39, 0.29) is 16.3 Å². The summed E-state index contributed by atoms with van der Waals surface area (Å²) in [6.45, 7) is 3.26. The molecule has 3 rings (SSSR count). The molecule has 0 bridgehead atoms. The molecule has 3 aromatic rings. The van der Waals surface area contributed by atoms with Crippen LogP contribution in [0.2, 0.25) is 0 Å². The largest absolute Gasteiger partial charge is 0.363 e. The van der Waals surface area contributed by atoms with Gasteiger partial charge in [-0.3, -0.25) is 0 Å². The van der Waals surface area contributed by atoms with Gasteiger partial charge < -0.3 is 5.32 Å². The SMILES string of the molecule is CNS(=O)(=O)c1ccc2nc(C)nc(N[C@H](C)c3cccc(C(F)F)c3F)c2c1. The van der Waals surface area contributed by atoms with Crippen LogP contribution in [0.15, 0.2) is 41.3 Å². The molecule has 1 heterocycles. The van der Waals surface area contributed by atoms with Crippen LogP contribution in [-0.4, -0.2) is 25.4 Å². The van der Waals surface area contributed by atoms with E-state index in [0.29, 0.717) is 16.7 Å². The third-order valence-corrected chi connectivity index (χ3v) is 5.88. The van der Waals surface area contributed by atoms with E-state index in [1.54, 1.807) is 19.9 Å². The van der Waals surface area contributed by atoms with E-state index in [1.165, 1.54) is 31.3 Å². The fraction of sp³-hybridized carbons (Fsp3) is 0.263. The summed E-state index contributed by atoms with van der Waals surface area (Å²) in [5.41, 5.74) is -0.141. The molecule has 0 unspecified atom stereocenters. The molecule has 10 heteroatoms. The number of benzene rings is 2. The van der Waals surface area contributed by atoms with Crippen molar-refractivity contribution in [2.45, 2.75) is 31.2 Å². The predicted molar refractivity (Wildman–Crippen MR) is 104 cm³/mol. The second kappa shape index (κ2) is 7.96. The highest BCUT2D eigenvalue weighted by Gasteiger charge is 2.21. The van der Waals surface area contributed by atoms with Crippen molar-refractivity contribution in [3.8, 4) is 0 Å². The van der Waals surface area contributed by atoms with E-state index in [0.717, 1.165) is 6.07 Å². The normalized spacial score (nSPS) is 13.1. The minimum absolute atomic E-state index is 0.0153. The van der Waals surface area contributed by atoms with Crippen molar-refractivity contribution in [2.24, 2.45) is 0 Å². The molecule has 29 heavy (non-hydrogen) atoms. The van der Waals surface area contributed by atoms with Crippen LogP contribution < -0.4 is 10.0 Å². The van der Waals surface area contributed by atoms with Crippen LogP contribution in [0.1, 0.15) is 36.3 Å². The number of sulfonamides is 1. The highest BCUT2D eigenvalue weighted by Crippen LogP contribution is 2.31. The molecular formula is C19H19F3N4O2S. The van der Waals surface area contributed by atoms with Crippen molar-refractivity contribution in [1.82, 2.24) is 14.7 Å². The maximum absolute atomic E-state index is 14.5. The number of rotatable bonds is 6. The number of hydrogen-bond acceptors (Lipinski definition) is 5. The molecule has 154 valence electrons. The Labute approximate surface area is 166 Å². The molecule has 0 radical (unpaired) electrons. The predicted octanol–water partition coefficient (Wildman–Crippen LogP) is 4.10. The summed E-state index contributed by atoms with van der Waals surface area (Å²) in [4.78, 5) is 8.59. The number of nitrogens with zero attached hydrogens (tertiary/aromatic N) is 2. The monoisotopic (exact) mass is 424 g/mol. The Morgan fingerprint density at radius 1 is 1.07 bits per heavy atom. The quantitative estimate of drug-likeness (QED) is 0.623. The van der Waals surface area contributed by atoms with Gasteiger partial charge >= 0.3 is 0 Å². The first-order chi connectivity index (χ1) is 13.6. The van der Waals surface area contributed by atoms with Crippen molar-refractivity contribution in [3.05, 3.63) is 59.2 Å². The maximum atomic E-state index is 14.5. The molecule has 0 aliphatic heterocycles. The van der Waals surface area contributed by atoms with Crippen LogP contribution >= 0.6 is 0 Å². The molecule has 6 nitrogen and oxygen atoms in total. The molecule has 1 aromatic heterocycles. The second-order valence-electron chi connectivity index (χ2n) is 6.42. The molecule has 0 spiro atoms. The number of anilines is 1. The number of aromatic nitrogens is 2. The van der Waals surface area contributed by atoms with Gasteiger partial charge in [-0.05, 0) is 39.1 Å². The maximum Gasteiger partial charge on any atom is 0.266 e. The van der Waals surface area contributed by atoms with E-state index in [9.17, 15) is 21.6 Å². The minimum atomic E-state index is -3.70. The van der Waals surface area contributed by atoms with Crippen molar-refractivity contribution in [2.75, 3.05) is 12.4 Å². The molecule has 2 N–H and O–H groups in total. The van der Waals surface area contributed by atoms with Gasteiger partial charge in [0.25, 0.3) is 6.43 Å². The molecule has 0 aliphatic rings. The number of alkyl halides is 2. The summed E-state index contributed by atoms with van der Waals surface area (Å²) in [6.07, 6.45) is -2.93. The lowest BCUT2D eigenvalue weighted by atomic mass is 10.0. The van der Waals surface area contributed by atoms with E-state index in [4.69, 9.17) is 0 Å². The van der Waals surface area contributed by atoms with Crippen molar-refractivity contribution in [3.63, 3.8) is 0 Å². The van der Waals surface area contributed by atoms with E-state index in [1.807, 2.05) is 0 Å². The first kappa shape index (κ1) is 21.0. The van der Waals surface area contributed by atoms with Gasteiger partial charge in [0.2, 0.25) is 10.0 Å². The molecule has 0 fully saturated rings. The van der Waals surface area contributed by atoms with Gasteiger partial charge in [-0.1, -0.05) is 18.2 Å². The molecule has 0 aliphatic carbocycles. The number of fused-ring (bicyclic) bond motifs is 1. The average Bonchev–Trinajstić information content (AvgIpc) is 2.67. The molecule has 0 saturated carbocycles. The van der Waals surface area contributed by atoms with Crippen molar-refractivity contribution < 1.29 is 21.6 Å². The Morgan fingerprint density at radius 3 is 2.41 bits per heavy atom. The first-order valence-electron chi connectivity index (χ1n) is 8.69. The van der Waals surface area contributed by atoms with Gasteiger partial charge in [-0.15, -0.1) is 0 Å². The van der Waals surface area contributed by atoms with Gasteiger partial charge in [0.15, 0.2) is 0 Å². The lowest BCUT2D eigenvalue weighted by Crippen LogP contribution is -2.18. The lowest BCUT2D eigenvalue weighted by molar-refractivity contribution is 0.146. The van der Waals surface area contributed by atoms with E-state index in [2.05, 4.69) is 20.0 Å². The summed E-state index contributed by atoms with van der Waals surface area (Å²) in [5.74, 6) is -0.302. The number of aryl methyl sites for hydroxylation is 1. The Bertz CT molecular complexity index is 1170. The van der Waals surface area contributed by atoms with Gasteiger partial charge in [0.05, 0.1) is 22.0 Å². The van der Waals surface area contributed by atoms with E-state index >= 15 is 0 Å². The Morgan fingerprint density at radius 2 is 1.76 bits per heavy atom. The zero-order valence-corrected chi connectivity index (χ0v) is 16.7. The molecular weight excluding hydrogens is 405 g/mol. The van der Waals surface area contributed by atoms with Crippen LogP contribution in [0.25, 0.3) is 10.9 Å². The summed E-state index contributed by atoms with van der Waals surface area (Å²) >= 11 is 0. The van der Waals surface area contributed by atoms with Crippen LogP contribution in [0.4, 0.5) is 19.0 Å². The molecule has 2 aromatic carbocycles. The fourth-order valence-electron chi connectivity index (χ4n) is 2.97. The summed E-state index contributed by atoms with van der Waals surface area (Å²) in [5, 5.41) is 3.40. The average molecular weight is 424 g/mol. The van der Waals surface area contributed by atoms with Crippen LogP contribution in [0.3, 0.4) is 0 Å². The van der Waals surface area contributed by atoms with Gasteiger partial charge in [-0.2, -0.15) is 0 Å². The number of nitrogens with one attached hydrogen (secondary N) is 2. The van der Waals surface area contributed by atoms with Gasteiger partial charge in [0, 0.05) is 10.9 Å². The summed E-state index contributed by atoms with van der Waals surface area (Å²) < 4.78 is 67.0. The van der Waals surface area contributed by atoms with Crippen LogP contribution in [-0.2, 0) is 10.0 Å². The van der Waals surface area contributed by atoms with E-state index < -0.39 is 33.9 Å². The Hall–Kier alpha value is -2.72.